The first-order valence-electron chi connectivity index (χ1n) is 11.4. The highest BCUT2D eigenvalue weighted by Gasteiger charge is 2.49. The molecule has 0 aliphatic carbocycles. The molecule has 0 saturated carbocycles. The summed E-state index contributed by atoms with van der Waals surface area (Å²) in [4.78, 5) is 38.4. The molecule has 0 radical (unpaired) electrons. The topological polar surface area (TPSA) is 93.1 Å². The fourth-order valence-electron chi connectivity index (χ4n) is 4.60. The Morgan fingerprint density at radius 1 is 1.03 bits per heavy atom. The number of aliphatic hydroxyl groups is 1. The zero-order chi connectivity index (χ0) is 24.1. The number of hydrogen-bond donors (Lipinski definition) is 1. The molecule has 3 fully saturated rings. The van der Waals surface area contributed by atoms with Crippen molar-refractivity contribution in [1.29, 1.82) is 0 Å². The first-order chi connectivity index (χ1) is 15.7. The van der Waals surface area contributed by atoms with Crippen molar-refractivity contribution in [3.63, 3.8) is 0 Å². The Hall–Kier alpha value is -2.61. The molecule has 3 aliphatic rings. The van der Waals surface area contributed by atoms with Crippen LogP contribution in [0.2, 0.25) is 0 Å². The molecular formula is C26H33NO6. The fourth-order valence-corrected chi connectivity index (χ4v) is 4.60. The number of fused-ring (bicyclic) bond motifs is 1. The van der Waals surface area contributed by atoms with Crippen LogP contribution in [0.25, 0.3) is 0 Å². The molecule has 7 heteroatoms. The maximum Gasteiger partial charge on any atom is 0.241 e. The van der Waals surface area contributed by atoms with E-state index in [1.54, 1.807) is 25.3 Å². The predicted molar refractivity (Wildman–Crippen MR) is 124 cm³/mol. The van der Waals surface area contributed by atoms with Gasteiger partial charge in [-0.1, -0.05) is 68.5 Å². The molecule has 3 heterocycles. The van der Waals surface area contributed by atoms with E-state index in [9.17, 15) is 19.5 Å². The van der Waals surface area contributed by atoms with Gasteiger partial charge in [0.15, 0.2) is 17.5 Å². The first-order valence-corrected chi connectivity index (χ1v) is 11.4. The van der Waals surface area contributed by atoms with Crippen molar-refractivity contribution in [2.75, 3.05) is 7.05 Å². The van der Waals surface area contributed by atoms with E-state index in [1.807, 2.05) is 51.2 Å². The Bertz CT molecular complexity index is 898. The number of likely N-dealkylation sites (N-methyl/N-ethyl adjacent to an activating group) is 1. The molecule has 3 rings (SSSR count). The summed E-state index contributed by atoms with van der Waals surface area (Å²) in [6, 6.07) is -0.542. The summed E-state index contributed by atoms with van der Waals surface area (Å²) in [5.41, 5.74) is 0. The van der Waals surface area contributed by atoms with Gasteiger partial charge in [0.25, 0.3) is 0 Å². The highest BCUT2D eigenvalue weighted by Crippen LogP contribution is 2.34. The van der Waals surface area contributed by atoms with Crippen LogP contribution in [0.5, 0.6) is 0 Å². The normalized spacial score (nSPS) is 35.2. The van der Waals surface area contributed by atoms with Gasteiger partial charge < -0.3 is 19.5 Å². The Labute approximate surface area is 195 Å². The zero-order valence-corrected chi connectivity index (χ0v) is 19.5. The number of rotatable bonds is 8. The van der Waals surface area contributed by atoms with Gasteiger partial charge in [-0.15, -0.1) is 0 Å². The van der Waals surface area contributed by atoms with Gasteiger partial charge in [0.1, 0.15) is 18.3 Å². The third kappa shape index (κ3) is 5.66. The third-order valence-electron chi connectivity index (χ3n) is 6.17. The smallest absolute Gasteiger partial charge is 0.241 e. The monoisotopic (exact) mass is 455 g/mol. The van der Waals surface area contributed by atoms with Gasteiger partial charge >= 0.3 is 0 Å². The maximum absolute atomic E-state index is 12.4. The number of amides is 1. The molecule has 7 nitrogen and oxygen atoms in total. The number of nitrogens with zero attached hydrogens (tertiary/aromatic N) is 1. The molecule has 33 heavy (non-hydrogen) atoms. The van der Waals surface area contributed by atoms with Crippen LogP contribution in [0.15, 0.2) is 60.8 Å². The van der Waals surface area contributed by atoms with Crippen LogP contribution in [0.3, 0.4) is 0 Å². The van der Waals surface area contributed by atoms with Crippen molar-refractivity contribution in [2.45, 2.75) is 63.8 Å². The van der Waals surface area contributed by atoms with Crippen LogP contribution in [-0.4, -0.2) is 71.1 Å². The molecule has 7 unspecified atom stereocenters. The summed E-state index contributed by atoms with van der Waals surface area (Å²) >= 11 is 0. The number of hydrogen-bond acceptors (Lipinski definition) is 6. The summed E-state index contributed by atoms with van der Waals surface area (Å²) in [5, 5.41) is 10.3. The molecule has 0 spiro atoms. The van der Waals surface area contributed by atoms with E-state index in [0.29, 0.717) is 0 Å². The number of ketones is 2. The lowest BCUT2D eigenvalue weighted by atomic mass is 9.93. The summed E-state index contributed by atoms with van der Waals surface area (Å²) in [6.45, 7) is 5.70. The number of carbonyl (C=O) groups is 3. The van der Waals surface area contributed by atoms with E-state index in [2.05, 4.69) is 0 Å². The van der Waals surface area contributed by atoms with Gasteiger partial charge in [-0.05, 0) is 18.9 Å². The van der Waals surface area contributed by atoms with E-state index < -0.39 is 29.8 Å². The standard InChI is InChI=1S/C26H33NO6/c1-16(2)22-24(30)21(26(31)27(22)4)18(28)13-11-9-7-5-6-8-10-12-14-19-23(29)25-20(33-19)15-17(3)32-25/h5-14,16-17,19-23,25,29H,15H2,1-4H3. The van der Waals surface area contributed by atoms with Crippen LogP contribution in [0.1, 0.15) is 27.2 Å². The number of ether oxygens (including phenoxy) is 2. The van der Waals surface area contributed by atoms with Crippen molar-refractivity contribution < 1.29 is 29.0 Å². The molecular weight excluding hydrogens is 422 g/mol. The molecule has 0 bridgehead atoms. The van der Waals surface area contributed by atoms with Crippen LogP contribution in [0, 0.1) is 11.8 Å². The van der Waals surface area contributed by atoms with E-state index in [0.717, 1.165) is 6.42 Å². The molecule has 0 aromatic rings. The second kappa shape index (κ2) is 11.0. The van der Waals surface area contributed by atoms with E-state index in [4.69, 9.17) is 9.47 Å². The Morgan fingerprint density at radius 3 is 2.21 bits per heavy atom. The van der Waals surface area contributed by atoms with Crippen molar-refractivity contribution in [2.24, 2.45) is 11.8 Å². The third-order valence-corrected chi connectivity index (χ3v) is 6.17. The van der Waals surface area contributed by atoms with Gasteiger partial charge in [0.2, 0.25) is 5.91 Å². The highest BCUT2D eigenvalue weighted by atomic mass is 16.6. The van der Waals surface area contributed by atoms with Crippen LogP contribution in [0.4, 0.5) is 0 Å². The number of Topliss-reactive ketones (excluding diaryl/α,β-unsaturated/α-hetero) is 1. The summed E-state index contributed by atoms with van der Waals surface area (Å²) in [5.74, 6) is -2.51. The lowest BCUT2D eigenvalue weighted by molar-refractivity contribution is -0.136. The summed E-state index contributed by atoms with van der Waals surface area (Å²) in [7, 11) is 1.57. The average molecular weight is 456 g/mol. The zero-order valence-electron chi connectivity index (χ0n) is 19.5. The molecule has 0 aromatic heterocycles. The minimum atomic E-state index is -1.23. The van der Waals surface area contributed by atoms with Crippen molar-refractivity contribution >= 4 is 17.5 Å². The van der Waals surface area contributed by atoms with Gasteiger partial charge in [-0.2, -0.15) is 0 Å². The second-order valence-electron chi connectivity index (χ2n) is 9.05. The largest absolute Gasteiger partial charge is 0.387 e. The molecule has 7 atom stereocenters. The minimum absolute atomic E-state index is 0.0329. The molecule has 1 N–H and O–H groups in total. The van der Waals surface area contributed by atoms with Crippen molar-refractivity contribution in [3.8, 4) is 0 Å². The molecule has 0 aromatic carbocycles. The lowest BCUT2D eigenvalue weighted by Gasteiger charge is -2.21. The predicted octanol–water partition coefficient (Wildman–Crippen LogP) is 2.32. The molecule has 3 aliphatic heterocycles. The van der Waals surface area contributed by atoms with Crippen molar-refractivity contribution in [1.82, 2.24) is 4.90 Å². The summed E-state index contributed by atoms with van der Waals surface area (Å²) < 4.78 is 11.5. The molecule has 3 saturated heterocycles. The van der Waals surface area contributed by atoms with E-state index in [1.165, 1.54) is 17.1 Å². The average Bonchev–Trinajstić information content (AvgIpc) is 3.33. The number of allylic oxidation sites excluding steroid dienone is 9. The van der Waals surface area contributed by atoms with Gasteiger partial charge in [0, 0.05) is 13.5 Å². The quantitative estimate of drug-likeness (QED) is 0.343. The second-order valence-corrected chi connectivity index (χ2v) is 9.05. The first kappa shape index (κ1) is 25.0. The minimum Gasteiger partial charge on any atom is -0.387 e. The van der Waals surface area contributed by atoms with E-state index in [-0.39, 0.29) is 36.1 Å². The van der Waals surface area contributed by atoms with Gasteiger partial charge in [0.05, 0.1) is 18.2 Å². The molecule has 178 valence electrons. The van der Waals surface area contributed by atoms with Crippen molar-refractivity contribution in [3.05, 3.63) is 60.8 Å². The fraction of sp³-hybridized carbons (Fsp3) is 0.500. The van der Waals surface area contributed by atoms with Crippen LogP contribution < -0.4 is 0 Å². The highest BCUT2D eigenvalue weighted by molar-refractivity contribution is 6.26. The Balaban J connectivity index is 1.41. The molecule has 1 amide bonds. The number of aliphatic hydroxyl groups excluding tert-OH is 1. The SMILES string of the molecule is CC1CC2OC(C=CC=CC=CC=CC=CC(=O)C3C(=O)C(C(C)C)N(C)C3=O)C(O)C2O1. The van der Waals surface area contributed by atoms with Crippen LogP contribution >= 0.6 is 0 Å². The number of carbonyl (C=O) groups excluding carboxylic acids is 3. The van der Waals surface area contributed by atoms with Gasteiger partial charge in [-0.25, -0.2) is 0 Å². The lowest BCUT2D eigenvalue weighted by Crippen LogP contribution is -2.36. The maximum atomic E-state index is 12.4. The Morgan fingerprint density at radius 2 is 1.64 bits per heavy atom. The number of likely N-dealkylation sites (tertiary alicyclic amines) is 1. The van der Waals surface area contributed by atoms with Gasteiger partial charge in [-0.3, -0.25) is 14.4 Å². The Kier molecular flexibility index (Phi) is 8.35. The van der Waals surface area contributed by atoms with E-state index >= 15 is 0 Å². The van der Waals surface area contributed by atoms with Crippen LogP contribution in [-0.2, 0) is 23.9 Å². The summed E-state index contributed by atoms with van der Waals surface area (Å²) in [6.07, 6.45) is 16.7.